The summed E-state index contributed by atoms with van der Waals surface area (Å²) < 4.78 is 0. The van der Waals surface area contributed by atoms with Crippen LogP contribution >= 0.6 is 0 Å². The third-order valence-corrected chi connectivity index (χ3v) is 2.66. The van der Waals surface area contributed by atoms with Crippen LogP contribution in [0.1, 0.15) is 46.0 Å². The van der Waals surface area contributed by atoms with Gasteiger partial charge >= 0.3 is 0 Å². The lowest BCUT2D eigenvalue weighted by atomic mass is 9.98. The zero-order valence-electron chi connectivity index (χ0n) is 9.31. The maximum Gasteiger partial charge on any atom is 0.175 e. The molecule has 0 aliphatic carbocycles. The largest absolute Gasteiger partial charge is 0.307 e. The minimum atomic E-state index is 0.111. The highest BCUT2D eigenvalue weighted by atomic mass is 16.1. The minimum absolute atomic E-state index is 0.111. The van der Waals surface area contributed by atoms with Crippen LogP contribution in [0.5, 0.6) is 0 Å². The van der Waals surface area contributed by atoms with Crippen molar-refractivity contribution in [1.82, 2.24) is 5.32 Å². The van der Waals surface area contributed by atoms with E-state index in [1.54, 1.807) is 0 Å². The summed E-state index contributed by atoms with van der Waals surface area (Å²) in [6.45, 7) is 5.21. The molecule has 1 aliphatic rings. The molecule has 0 aromatic heterocycles. The summed E-state index contributed by atoms with van der Waals surface area (Å²) in [7, 11) is 0. The normalized spacial score (nSPS) is 22.7. The average molecular weight is 195 g/mol. The van der Waals surface area contributed by atoms with Crippen LogP contribution in [0.4, 0.5) is 0 Å². The summed E-state index contributed by atoms with van der Waals surface area (Å²) in [5.41, 5.74) is 1.04. The van der Waals surface area contributed by atoms with Gasteiger partial charge in [-0.3, -0.25) is 4.79 Å². The fraction of sp³-hybridized carbons (Fsp3) is 0.750. The first kappa shape index (κ1) is 11.4. The number of hydrogen-bond donors (Lipinski definition) is 1. The number of carbonyl (C=O) groups is 1. The molecule has 80 valence electrons. The monoisotopic (exact) mass is 195 g/mol. The molecule has 14 heavy (non-hydrogen) atoms. The molecule has 0 bridgehead atoms. The lowest BCUT2D eigenvalue weighted by molar-refractivity contribution is -0.117. The molecule has 1 atom stereocenters. The molecule has 0 saturated carbocycles. The Bertz CT molecular complexity index is 214. The second-order valence-electron chi connectivity index (χ2n) is 3.90. The van der Waals surface area contributed by atoms with Gasteiger partial charge in [0.05, 0.1) is 6.04 Å². The predicted molar refractivity (Wildman–Crippen MR) is 59.3 cm³/mol. The summed E-state index contributed by atoms with van der Waals surface area (Å²) in [5, 5.41) is 3.26. The van der Waals surface area contributed by atoms with E-state index in [4.69, 9.17) is 0 Å². The Morgan fingerprint density at radius 3 is 2.79 bits per heavy atom. The van der Waals surface area contributed by atoms with E-state index < -0.39 is 0 Å². The lowest BCUT2D eigenvalue weighted by Crippen LogP contribution is -2.31. The van der Waals surface area contributed by atoms with Crippen LogP contribution in [0.25, 0.3) is 0 Å². The van der Waals surface area contributed by atoms with Gasteiger partial charge in [-0.15, -0.1) is 0 Å². The third kappa shape index (κ3) is 2.95. The summed E-state index contributed by atoms with van der Waals surface area (Å²) >= 11 is 0. The van der Waals surface area contributed by atoms with Gasteiger partial charge in [0.2, 0.25) is 0 Å². The first-order chi connectivity index (χ1) is 6.79. The van der Waals surface area contributed by atoms with Crippen molar-refractivity contribution in [1.29, 1.82) is 0 Å². The van der Waals surface area contributed by atoms with Crippen LogP contribution in [-0.2, 0) is 4.79 Å². The highest BCUT2D eigenvalue weighted by molar-refractivity contribution is 5.99. The fourth-order valence-corrected chi connectivity index (χ4v) is 1.97. The molecule has 1 heterocycles. The summed E-state index contributed by atoms with van der Waals surface area (Å²) in [5.74, 6) is 0.339. The highest BCUT2D eigenvalue weighted by Gasteiger charge is 2.23. The van der Waals surface area contributed by atoms with Gasteiger partial charge in [-0.25, -0.2) is 0 Å². The number of ketones is 1. The van der Waals surface area contributed by atoms with Gasteiger partial charge < -0.3 is 5.32 Å². The number of hydrogen-bond acceptors (Lipinski definition) is 2. The number of allylic oxidation sites excluding steroid dienone is 1. The van der Waals surface area contributed by atoms with E-state index in [-0.39, 0.29) is 6.04 Å². The maximum atomic E-state index is 12.0. The Hall–Kier alpha value is -0.630. The van der Waals surface area contributed by atoms with Gasteiger partial charge in [0.25, 0.3) is 0 Å². The number of carbonyl (C=O) groups excluding carboxylic acids is 1. The molecular weight excluding hydrogens is 174 g/mol. The zero-order valence-corrected chi connectivity index (χ0v) is 9.31. The molecule has 1 saturated heterocycles. The quantitative estimate of drug-likeness (QED) is 0.683. The molecule has 1 fully saturated rings. The van der Waals surface area contributed by atoms with Crippen LogP contribution < -0.4 is 5.32 Å². The Kier molecular flexibility index (Phi) is 4.88. The SMILES string of the molecule is CC/C=C(\CCC)C(=O)C1CCCN1. The van der Waals surface area contributed by atoms with Gasteiger partial charge in [-0.1, -0.05) is 26.3 Å². The fourth-order valence-electron chi connectivity index (χ4n) is 1.97. The Morgan fingerprint density at radius 2 is 2.29 bits per heavy atom. The third-order valence-electron chi connectivity index (χ3n) is 2.66. The molecule has 1 rings (SSSR count). The molecule has 0 aromatic rings. The molecule has 0 spiro atoms. The van der Waals surface area contributed by atoms with Crippen molar-refractivity contribution in [3.63, 3.8) is 0 Å². The highest BCUT2D eigenvalue weighted by Crippen LogP contribution is 2.15. The first-order valence-electron chi connectivity index (χ1n) is 5.76. The van der Waals surface area contributed by atoms with Crippen molar-refractivity contribution in [3.05, 3.63) is 11.6 Å². The van der Waals surface area contributed by atoms with Crippen LogP contribution in [-0.4, -0.2) is 18.4 Å². The first-order valence-corrected chi connectivity index (χ1v) is 5.76. The van der Waals surface area contributed by atoms with Crippen LogP contribution in [0.2, 0.25) is 0 Å². The van der Waals surface area contributed by atoms with Gasteiger partial charge in [-0.2, -0.15) is 0 Å². The number of Topliss-reactive ketones (excluding diaryl/α,β-unsaturated/α-hetero) is 1. The lowest BCUT2D eigenvalue weighted by Gasteiger charge is -2.11. The second-order valence-corrected chi connectivity index (χ2v) is 3.90. The van der Waals surface area contributed by atoms with E-state index in [2.05, 4.69) is 25.2 Å². The maximum absolute atomic E-state index is 12.0. The van der Waals surface area contributed by atoms with Crippen LogP contribution in [0, 0.1) is 0 Å². The van der Waals surface area contributed by atoms with Gasteiger partial charge in [0, 0.05) is 0 Å². The van der Waals surface area contributed by atoms with Gasteiger partial charge in [0.1, 0.15) is 0 Å². The summed E-state index contributed by atoms with van der Waals surface area (Å²) in [6, 6.07) is 0.111. The van der Waals surface area contributed by atoms with E-state index in [9.17, 15) is 4.79 Å². The van der Waals surface area contributed by atoms with Crippen LogP contribution in [0.15, 0.2) is 11.6 Å². The van der Waals surface area contributed by atoms with E-state index in [1.165, 1.54) is 0 Å². The molecule has 2 heteroatoms. The van der Waals surface area contributed by atoms with E-state index >= 15 is 0 Å². The molecular formula is C12H21NO. The Balaban J connectivity index is 2.57. The zero-order chi connectivity index (χ0) is 10.4. The Morgan fingerprint density at radius 1 is 1.50 bits per heavy atom. The number of rotatable bonds is 5. The summed E-state index contributed by atoms with van der Waals surface area (Å²) in [4.78, 5) is 12.0. The number of nitrogens with one attached hydrogen (secondary N) is 1. The Labute approximate surface area is 86.8 Å². The minimum Gasteiger partial charge on any atom is -0.307 e. The second kappa shape index (κ2) is 5.97. The van der Waals surface area contributed by atoms with Crippen molar-refractivity contribution in [3.8, 4) is 0 Å². The van der Waals surface area contributed by atoms with Crippen LogP contribution in [0.3, 0.4) is 0 Å². The van der Waals surface area contributed by atoms with Gasteiger partial charge in [-0.05, 0) is 37.8 Å². The molecule has 1 aliphatic heterocycles. The van der Waals surface area contributed by atoms with Crippen molar-refractivity contribution in [2.45, 2.75) is 52.0 Å². The topological polar surface area (TPSA) is 29.1 Å². The summed E-state index contributed by atoms with van der Waals surface area (Å²) in [6.07, 6.45) is 7.21. The molecule has 1 unspecified atom stereocenters. The van der Waals surface area contributed by atoms with Crippen molar-refractivity contribution in [2.24, 2.45) is 0 Å². The smallest absolute Gasteiger partial charge is 0.175 e. The molecule has 0 aromatic carbocycles. The van der Waals surface area contributed by atoms with E-state index in [1.807, 2.05) is 0 Å². The van der Waals surface area contributed by atoms with E-state index in [0.29, 0.717) is 5.78 Å². The molecule has 2 nitrogen and oxygen atoms in total. The average Bonchev–Trinajstić information content (AvgIpc) is 2.69. The van der Waals surface area contributed by atoms with Crippen molar-refractivity contribution in [2.75, 3.05) is 6.54 Å². The van der Waals surface area contributed by atoms with E-state index in [0.717, 1.165) is 44.2 Å². The van der Waals surface area contributed by atoms with Crippen molar-refractivity contribution >= 4 is 5.78 Å². The van der Waals surface area contributed by atoms with Gasteiger partial charge in [0.15, 0.2) is 5.78 Å². The standard InChI is InChI=1S/C12H21NO/c1-3-6-10(7-4-2)12(14)11-8-5-9-13-11/h6,11,13H,3-5,7-9H2,1-2H3/b10-6+. The predicted octanol–water partition coefficient (Wildman–Crippen LogP) is 2.44. The molecule has 1 N–H and O–H groups in total. The molecule has 0 amide bonds. The molecule has 0 radical (unpaired) electrons. The van der Waals surface area contributed by atoms with Crippen molar-refractivity contribution < 1.29 is 4.79 Å².